The van der Waals surface area contributed by atoms with E-state index >= 15 is 0 Å². The lowest BCUT2D eigenvalue weighted by atomic mass is 9.93. The molecule has 2 fully saturated rings. The summed E-state index contributed by atoms with van der Waals surface area (Å²) in [5.41, 5.74) is 2.88. The molecule has 1 amide bonds. The third-order valence-corrected chi connectivity index (χ3v) is 6.26. The Kier molecular flexibility index (Phi) is 5.62. The van der Waals surface area contributed by atoms with Gasteiger partial charge in [0, 0.05) is 30.3 Å². The van der Waals surface area contributed by atoms with E-state index in [-0.39, 0.29) is 23.5 Å². The second-order valence-electron chi connectivity index (χ2n) is 9.34. The molecule has 2 aromatic heterocycles. The summed E-state index contributed by atoms with van der Waals surface area (Å²) in [6.07, 6.45) is 7.02. The van der Waals surface area contributed by atoms with Crippen LogP contribution in [0.15, 0.2) is 42.7 Å². The topological polar surface area (TPSA) is 91.2 Å². The van der Waals surface area contributed by atoms with E-state index in [1.54, 1.807) is 24.2 Å². The Morgan fingerprint density at radius 1 is 1.21 bits per heavy atom. The normalized spacial score (nSPS) is 19.8. The van der Waals surface area contributed by atoms with Crippen molar-refractivity contribution in [3.63, 3.8) is 0 Å². The van der Waals surface area contributed by atoms with Crippen LogP contribution in [0, 0.1) is 0 Å². The van der Waals surface area contributed by atoms with Gasteiger partial charge in [-0.1, -0.05) is 12.1 Å². The molecule has 1 unspecified atom stereocenters. The number of carbonyl (C=O) groups is 1. The molecular formula is C25H29N5O3. The largest absolute Gasteiger partial charge is 0.496 e. The number of carbonyl (C=O) groups excluding carboxylic acids is 1. The van der Waals surface area contributed by atoms with E-state index in [0.29, 0.717) is 18.1 Å². The van der Waals surface area contributed by atoms with Gasteiger partial charge in [0.15, 0.2) is 0 Å². The standard InChI is InChI=1S/C25H29N5O3/c1-25(2)14-17(11-13-33-25)28-23(31)19-15-27-30(22(19)16-8-9-16)24-26-12-10-20(29-24)18-6-4-5-7-21(18)32-3/h4-7,10,12,15-17H,8-9,11,13-14H2,1-3H3,(H,28,31). The van der Waals surface area contributed by atoms with Crippen LogP contribution in [0.3, 0.4) is 0 Å². The van der Waals surface area contributed by atoms with E-state index in [2.05, 4.69) is 29.2 Å². The lowest BCUT2D eigenvalue weighted by Crippen LogP contribution is -2.45. The third-order valence-electron chi connectivity index (χ3n) is 6.26. The summed E-state index contributed by atoms with van der Waals surface area (Å²) in [7, 11) is 1.64. The number of rotatable bonds is 6. The maximum Gasteiger partial charge on any atom is 0.255 e. The van der Waals surface area contributed by atoms with E-state index < -0.39 is 0 Å². The number of methoxy groups -OCH3 is 1. The summed E-state index contributed by atoms with van der Waals surface area (Å²) in [5.74, 6) is 1.39. The molecule has 2 aliphatic rings. The zero-order valence-electron chi connectivity index (χ0n) is 19.2. The van der Waals surface area contributed by atoms with Crippen LogP contribution in [0.1, 0.15) is 61.5 Å². The second-order valence-corrected chi connectivity index (χ2v) is 9.34. The Bertz CT molecular complexity index is 1170. The molecule has 1 N–H and O–H groups in total. The van der Waals surface area contributed by atoms with Gasteiger partial charge in [-0.15, -0.1) is 0 Å². The number of benzene rings is 1. The third kappa shape index (κ3) is 4.48. The average Bonchev–Trinajstić information content (AvgIpc) is 3.55. The predicted octanol–water partition coefficient (Wildman–Crippen LogP) is 3.90. The molecule has 1 saturated heterocycles. The fourth-order valence-corrected chi connectivity index (χ4v) is 4.52. The Balaban J connectivity index is 1.45. The van der Waals surface area contributed by atoms with Crippen LogP contribution in [0.2, 0.25) is 0 Å². The molecule has 5 rings (SSSR count). The Labute approximate surface area is 193 Å². The molecule has 3 aromatic rings. The zero-order valence-corrected chi connectivity index (χ0v) is 19.2. The predicted molar refractivity (Wildman–Crippen MR) is 124 cm³/mol. The first kappa shape index (κ1) is 21.6. The van der Waals surface area contributed by atoms with Gasteiger partial charge in [0.1, 0.15) is 5.75 Å². The number of aromatic nitrogens is 4. The monoisotopic (exact) mass is 447 g/mol. The van der Waals surface area contributed by atoms with E-state index in [1.807, 2.05) is 30.3 Å². The number of hydrogen-bond donors (Lipinski definition) is 1. The Morgan fingerprint density at radius 2 is 2.03 bits per heavy atom. The minimum absolute atomic E-state index is 0.0850. The fraction of sp³-hybridized carbons (Fsp3) is 0.440. The molecule has 1 saturated carbocycles. The highest BCUT2D eigenvalue weighted by atomic mass is 16.5. The zero-order chi connectivity index (χ0) is 23.0. The summed E-state index contributed by atoms with van der Waals surface area (Å²) in [4.78, 5) is 22.5. The molecule has 1 aliphatic heterocycles. The van der Waals surface area contributed by atoms with Crippen LogP contribution in [-0.2, 0) is 4.74 Å². The summed E-state index contributed by atoms with van der Waals surface area (Å²) in [6, 6.07) is 9.67. The number of hydrogen-bond acceptors (Lipinski definition) is 6. The molecule has 0 bridgehead atoms. The van der Waals surface area contributed by atoms with Crippen molar-refractivity contribution in [1.82, 2.24) is 25.1 Å². The maximum atomic E-state index is 13.2. The maximum absolute atomic E-state index is 13.2. The van der Waals surface area contributed by atoms with Crippen LogP contribution in [0.4, 0.5) is 0 Å². The van der Waals surface area contributed by atoms with E-state index in [0.717, 1.165) is 48.4 Å². The number of nitrogens with one attached hydrogen (secondary N) is 1. The Hall–Kier alpha value is -3.26. The summed E-state index contributed by atoms with van der Waals surface area (Å²) < 4.78 is 13.0. The van der Waals surface area contributed by atoms with Gasteiger partial charge < -0.3 is 14.8 Å². The molecule has 1 aliphatic carbocycles. The molecule has 8 nitrogen and oxygen atoms in total. The summed E-state index contributed by atoms with van der Waals surface area (Å²) in [6.45, 7) is 4.77. The van der Waals surface area contributed by atoms with Crippen molar-refractivity contribution in [3.05, 3.63) is 54.0 Å². The van der Waals surface area contributed by atoms with E-state index in [4.69, 9.17) is 14.5 Å². The van der Waals surface area contributed by atoms with Gasteiger partial charge in [0.2, 0.25) is 0 Å². The van der Waals surface area contributed by atoms with Crippen LogP contribution in [0.25, 0.3) is 17.2 Å². The van der Waals surface area contributed by atoms with E-state index in [9.17, 15) is 4.79 Å². The quantitative estimate of drug-likeness (QED) is 0.616. The minimum Gasteiger partial charge on any atom is -0.496 e. The molecule has 33 heavy (non-hydrogen) atoms. The van der Waals surface area contributed by atoms with Gasteiger partial charge in [-0.05, 0) is 57.7 Å². The van der Waals surface area contributed by atoms with Crippen molar-refractivity contribution in [1.29, 1.82) is 0 Å². The molecule has 3 heterocycles. The lowest BCUT2D eigenvalue weighted by molar-refractivity contribution is -0.0615. The van der Waals surface area contributed by atoms with Crippen molar-refractivity contribution in [2.24, 2.45) is 0 Å². The molecular weight excluding hydrogens is 418 g/mol. The van der Waals surface area contributed by atoms with E-state index in [1.165, 1.54) is 0 Å². The van der Waals surface area contributed by atoms with Crippen LogP contribution < -0.4 is 10.1 Å². The van der Waals surface area contributed by atoms with Crippen molar-refractivity contribution >= 4 is 5.91 Å². The average molecular weight is 448 g/mol. The van der Waals surface area contributed by atoms with Gasteiger partial charge in [0.05, 0.1) is 35.9 Å². The first-order valence-electron chi connectivity index (χ1n) is 11.4. The second kappa shape index (κ2) is 8.59. The molecule has 0 spiro atoms. The molecule has 172 valence electrons. The van der Waals surface area contributed by atoms with Crippen molar-refractivity contribution in [2.75, 3.05) is 13.7 Å². The van der Waals surface area contributed by atoms with Gasteiger partial charge in [-0.25, -0.2) is 14.6 Å². The van der Waals surface area contributed by atoms with Gasteiger partial charge in [0.25, 0.3) is 11.9 Å². The summed E-state index contributed by atoms with van der Waals surface area (Å²) in [5, 5.41) is 7.74. The highest BCUT2D eigenvalue weighted by Crippen LogP contribution is 2.42. The smallest absolute Gasteiger partial charge is 0.255 e. The minimum atomic E-state index is -0.230. The van der Waals surface area contributed by atoms with Crippen LogP contribution in [0.5, 0.6) is 5.75 Å². The van der Waals surface area contributed by atoms with Gasteiger partial charge >= 0.3 is 0 Å². The molecule has 1 aromatic carbocycles. The number of amides is 1. The van der Waals surface area contributed by atoms with Gasteiger partial charge in [-0.2, -0.15) is 5.10 Å². The SMILES string of the molecule is COc1ccccc1-c1ccnc(-n2ncc(C(=O)NC3CCOC(C)(C)C3)c2C2CC2)n1. The van der Waals surface area contributed by atoms with Gasteiger partial charge in [-0.3, -0.25) is 4.79 Å². The fourth-order valence-electron chi connectivity index (χ4n) is 4.52. The Morgan fingerprint density at radius 3 is 2.79 bits per heavy atom. The van der Waals surface area contributed by atoms with Crippen LogP contribution in [-0.4, -0.2) is 51.0 Å². The molecule has 1 atom stereocenters. The first-order chi connectivity index (χ1) is 15.9. The number of ether oxygens (including phenoxy) is 2. The molecule has 0 radical (unpaired) electrons. The summed E-state index contributed by atoms with van der Waals surface area (Å²) >= 11 is 0. The van der Waals surface area contributed by atoms with Crippen molar-refractivity contribution in [3.8, 4) is 23.0 Å². The highest BCUT2D eigenvalue weighted by molar-refractivity contribution is 5.95. The van der Waals surface area contributed by atoms with Crippen molar-refractivity contribution < 1.29 is 14.3 Å². The highest BCUT2D eigenvalue weighted by Gasteiger charge is 2.35. The number of nitrogens with zero attached hydrogens (tertiary/aromatic N) is 4. The first-order valence-corrected chi connectivity index (χ1v) is 11.4. The molecule has 8 heteroatoms. The van der Waals surface area contributed by atoms with Crippen molar-refractivity contribution in [2.45, 2.75) is 57.1 Å². The number of para-hydroxylation sites is 1. The van der Waals surface area contributed by atoms with Crippen LogP contribution >= 0.6 is 0 Å². The lowest BCUT2D eigenvalue weighted by Gasteiger charge is -2.35.